The van der Waals surface area contributed by atoms with E-state index in [4.69, 9.17) is 5.73 Å². The number of hydrogen-bond donors (Lipinski definition) is 1. The predicted octanol–water partition coefficient (Wildman–Crippen LogP) is 4.12. The van der Waals surface area contributed by atoms with Crippen molar-refractivity contribution in [3.8, 4) is 0 Å². The molecule has 1 aromatic heterocycles. The Morgan fingerprint density at radius 3 is 2.31 bits per heavy atom. The number of urea groups is 1. The van der Waals surface area contributed by atoms with E-state index in [2.05, 4.69) is 4.98 Å². The number of rotatable bonds is 6. The van der Waals surface area contributed by atoms with Crippen LogP contribution in [0.25, 0.3) is 0 Å². The maximum atomic E-state index is 13.3. The molecule has 29 heavy (non-hydrogen) atoms. The zero-order valence-electron chi connectivity index (χ0n) is 16.3. The van der Waals surface area contributed by atoms with Gasteiger partial charge in [-0.05, 0) is 47.4 Å². The molecule has 0 aliphatic rings. The van der Waals surface area contributed by atoms with Gasteiger partial charge < -0.3 is 5.73 Å². The van der Waals surface area contributed by atoms with Gasteiger partial charge in [0.25, 0.3) is 0 Å². The molecule has 0 atom stereocenters. The molecule has 0 fully saturated rings. The molecule has 2 N–H and O–H groups in total. The smallest absolute Gasteiger partial charge is 0.319 e. The van der Waals surface area contributed by atoms with E-state index in [1.807, 2.05) is 26.0 Å². The Kier molecular flexibility index (Phi) is 5.98. The Labute approximate surface area is 170 Å². The number of pyridine rings is 1. The molecular formula is C22H23N3O3S. The third-order valence-corrected chi connectivity index (χ3v) is 6.45. The quantitative estimate of drug-likeness (QED) is 0.663. The molecule has 0 radical (unpaired) electrons. The van der Waals surface area contributed by atoms with E-state index in [-0.39, 0.29) is 22.0 Å². The monoisotopic (exact) mass is 409 g/mol. The molecule has 0 saturated heterocycles. The Hall–Kier alpha value is -3.19. The van der Waals surface area contributed by atoms with Crippen LogP contribution in [0, 0.1) is 0 Å². The average Bonchev–Trinajstić information content (AvgIpc) is 2.72. The number of sulfone groups is 1. The van der Waals surface area contributed by atoms with Crippen LogP contribution in [0.1, 0.15) is 30.9 Å². The molecule has 0 saturated carbocycles. The van der Waals surface area contributed by atoms with Crippen LogP contribution >= 0.6 is 0 Å². The Morgan fingerprint density at radius 1 is 1.03 bits per heavy atom. The lowest BCUT2D eigenvalue weighted by Gasteiger charge is -2.23. The van der Waals surface area contributed by atoms with E-state index in [9.17, 15) is 13.2 Å². The van der Waals surface area contributed by atoms with Crippen LogP contribution in [-0.2, 0) is 16.4 Å². The lowest BCUT2D eigenvalue weighted by Crippen LogP contribution is -2.36. The summed E-state index contributed by atoms with van der Waals surface area (Å²) in [5.41, 5.74) is 7.61. The highest BCUT2D eigenvalue weighted by molar-refractivity contribution is 7.91. The van der Waals surface area contributed by atoms with Gasteiger partial charge in [0, 0.05) is 12.4 Å². The fourth-order valence-corrected chi connectivity index (χ4v) is 4.48. The van der Waals surface area contributed by atoms with Crippen molar-refractivity contribution >= 4 is 21.6 Å². The first kappa shape index (κ1) is 20.5. The number of para-hydroxylation sites is 1. The van der Waals surface area contributed by atoms with Gasteiger partial charge >= 0.3 is 6.03 Å². The molecule has 3 aromatic rings. The molecular weight excluding hydrogens is 386 g/mol. The number of nitrogens with zero attached hydrogens (tertiary/aromatic N) is 2. The molecule has 6 nitrogen and oxygen atoms in total. The molecule has 0 unspecified atom stereocenters. The Balaban J connectivity index is 2.05. The summed E-state index contributed by atoms with van der Waals surface area (Å²) in [4.78, 5) is 17.6. The van der Waals surface area contributed by atoms with Crippen LogP contribution in [0.3, 0.4) is 0 Å². The number of nitrogens with two attached hydrogens (primary N) is 1. The van der Waals surface area contributed by atoms with Crippen LogP contribution in [0.2, 0.25) is 0 Å². The second kappa shape index (κ2) is 8.45. The first-order valence-electron chi connectivity index (χ1n) is 9.20. The minimum Gasteiger partial charge on any atom is -0.351 e. The number of benzene rings is 2. The highest BCUT2D eigenvalue weighted by Gasteiger charge is 2.26. The second-order valence-corrected chi connectivity index (χ2v) is 8.90. The minimum absolute atomic E-state index is 0.0278. The fourth-order valence-electron chi connectivity index (χ4n) is 3.02. The predicted molar refractivity (Wildman–Crippen MR) is 112 cm³/mol. The molecule has 2 amide bonds. The van der Waals surface area contributed by atoms with Crippen molar-refractivity contribution < 1.29 is 13.2 Å². The van der Waals surface area contributed by atoms with Gasteiger partial charge in [-0.15, -0.1) is 0 Å². The third-order valence-electron chi connectivity index (χ3n) is 4.63. The summed E-state index contributed by atoms with van der Waals surface area (Å²) in [5, 5.41) is 0. The van der Waals surface area contributed by atoms with Gasteiger partial charge in [0.2, 0.25) is 9.84 Å². The maximum absolute atomic E-state index is 13.3. The van der Waals surface area contributed by atoms with Gasteiger partial charge in [0.05, 0.1) is 22.0 Å². The fraction of sp³-hybridized carbons (Fsp3) is 0.182. The maximum Gasteiger partial charge on any atom is 0.319 e. The van der Waals surface area contributed by atoms with Crippen molar-refractivity contribution in [1.82, 2.24) is 4.98 Å². The largest absolute Gasteiger partial charge is 0.351 e. The average molecular weight is 410 g/mol. The minimum atomic E-state index is -3.85. The molecule has 0 spiro atoms. The summed E-state index contributed by atoms with van der Waals surface area (Å²) in [7, 11) is -3.85. The Bertz CT molecular complexity index is 1100. The topological polar surface area (TPSA) is 93.4 Å². The zero-order chi connectivity index (χ0) is 21.0. The van der Waals surface area contributed by atoms with Crippen LogP contribution in [0.4, 0.5) is 10.5 Å². The van der Waals surface area contributed by atoms with Crippen molar-refractivity contribution in [1.29, 1.82) is 0 Å². The number of anilines is 1. The second-order valence-electron chi connectivity index (χ2n) is 6.98. The molecule has 0 aliphatic carbocycles. The first-order valence-corrected chi connectivity index (χ1v) is 10.7. The lowest BCUT2D eigenvalue weighted by atomic mass is 10.0. The van der Waals surface area contributed by atoms with E-state index < -0.39 is 15.9 Å². The highest BCUT2D eigenvalue weighted by atomic mass is 32.2. The summed E-state index contributed by atoms with van der Waals surface area (Å²) >= 11 is 0. The van der Waals surface area contributed by atoms with Crippen molar-refractivity contribution in [3.05, 3.63) is 84.2 Å². The van der Waals surface area contributed by atoms with Crippen LogP contribution in [0.5, 0.6) is 0 Å². The van der Waals surface area contributed by atoms with Gasteiger partial charge in [-0.1, -0.05) is 44.2 Å². The standard InChI is InChI=1S/C22H23N3O3S/c1-16(2)18-9-11-19(12-10-18)29(27,28)21-8-4-3-7-20(21)25(22(23)26)15-17-6-5-13-24-14-17/h3-14,16H,15H2,1-2H3,(H2,23,26). The number of carbonyl (C=O) groups is 1. The van der Waals surface area contributed by atoms with E-state index in [0.29, 0.717) is 5.92 Å². The molecule has 2 aromatic carbocycles. The van der Waals surface area contributed by atoms with Crippen LogP contribution in [0.15, 0.2) is 82.8 Å². The highest BCUT2D eigenvalue weighted by Crippen LogP contribution is 2.31. The van der Waals surface area contributed by atoms with Gasteiger partial charge in [-0.3, -0.25) is 9.88 Å². The van der Waals surface area contributed by atoms with E-state index in [1.165, 1.54) is 11.0 Å². The van der Waals surface area contributed by atoms with Gasteiger partial charge in [0.15, 0.2) is 0 Å². The van der Waals surface area contributed by atoms with E-state index >= 15 is 0 Å². The van der Waals surface area contributed by atoms with Crippen molar-refractivity contribution in [2.75, 3.05) is 4.90 Å². The summed E-state index contributed by atoms with van der Waals surface area (Å²) in [5.74, 6) is 0.295. The number of primary amides is 1. The molecule has 1 heterocycles. The molecule has 3 rings (SSSR count). The van der Waals surface area contributed by atoms with Gasteiger partial charge in [0.1, 0.15) is 0 Å². The van der Waals surface area contributed by atoms with Crippen molar-refractivity contribution in [2.24, 2.45) is 5.73 Å². The lowest BCUT2D eigenvalue weighted by molar-refractivity contribution is 0.253. The van der Waals surface area contributed by atoms with Crippen molar-refractivity contribution in [3.63, 3.8) is 0 Å². The number of hydrogen-bond acceptors (Lipinski definition) is 4. The van der Waals surface area contributed by atoms with Crippen LogP contribution < -0.4 is 10.6 Å². The molecule has 0 aliphatic heterocycles. The van der Waals surface area contributed by atoms with E-state index in [0.717, 1.165) is 11.1 Å². The van der Waals surface area contributed by atoms with E-state index in [1.54, 1.807) is 54.9 Å². The van der Waals surface area contributed by atoms with Gasteiger partial charge in [-0.25, -0.2) is 13.2 Å². The summed E-state index contributed by atoms with van der Waals surface area (Å²) in [6.07, 6.45) is 3.23. The molecule has 0 bridgehead atoms. The van der Waals surface area contributed by atoms with Crippen molar-refractivity contribution in [2.45, 2.75) is 36.1 Å². The summed E-state index contributed by atoms with van der Waals surface area (Å²) in [6.45, 7) is 4.20. The van der Waals surface area contributed by atoms with Gasteiger partial charge in [-0.2, -0.15) is 0 Å². The summed E-state index contributed by atoms with van der Waals surface area (Å²) < 4.78 is 26.6. The number of aromatic nitrogens is 1. The van der Waals surface area contributed by atoms with Crippen LogP contribution in [-0.4, -0.2) is 19.4 Å². The molecule has 7 heteroatoms. The number of carbonyl (C=O) groups excluding carboxylic acids is 1. The zero-order valence-corrected chi connectivity index (χ0v) is 17.1. The number of amides is 2. The summed E-state index contributed by atoms with van der Waals surface area (Å²) in [6, 6.07) is 16.0. The Morgan fingerprint density at radius 2 is 1.72 bits per heavy atom. The normalized spacial score (nSPS) is 11.4. The first-order chi connectivity index (χ1) is 13.8. The molecule has 150 valence electrons. The third kappa shape index (κ3) is 4.46. The SMILES string of the molecule is CC(C)c1ccc(S(=O)(=O)c2ccccc2N(Cc2cccnc2)C(N)=O)cc1.